The molecule has 2 amide bonds. The SMILES string of the molecule is Cn1cccc1[C@@H](O)CNC(=O)NCc1ccnc(-n2ccnc2)c1. The van der Waals surface area contributed by atoms with Crippen LogP contribution in [0.2, 0.25) is 0 Å². The van der Waals surface area contributed by atoms with Crippen LogP contribution in [0.1, 0.15) is 17.4 Å². The third-order valence-electron chi connectivity index (χ3n) is 3.81. The lowest BCUT2D eigenvalue weighted by atomic mass is 10.2. The highest BCUT2D eigenvalue weighted by Crippen LogP contribution is 2.11. The fourth-order valence-corrected chi connectivity index (χ4v) is 2.47. The van der Waals surface area contributed by atoms with Gasteiger partial charge in [-0.3, -0.25) is 4.57 Å². The normalized spacial score (nSPS) is 11.9. The number of aromatic nitrogens is 4. The molecule has 3 N–H and O–H groups in total. The molecule has 3 aromatic heterocycles. The lowest BCUT2D eigenvalue weighted by Gasteiger charge is -2.14. The number of imidazole rings is 1. The molecule has 0 saturated carbocycles. The van der Waals surface area contributed by atoms with Gasteiger partial charge in [0.1, 0.15) is 18.2 Å². The van der Waals surface area contributed by atoms with Gasteiger partial charge in [0.05, 0.1) is 6.54 Å². The Kier molecular flexibility index (Phi) is 5.10. The first-order chi connectivity index (χ1) is 12.1. The Morgan fingerprint density at radius 2 is 2.16 bits per heavy atom. The number of carbonyl (C=O) groups excluding carboxylic acids is 1. The van der Waals surface area contributed by atoms with E-state index in [1.807, 2.05) is 42.1 Å². The Labute approximate surface area is 145 Å². The second-order valence-corrected chi connectivity index (χ2v) is 5.62. The van der Waals surface area contributed by atoms with Crippen LogP contribution in [0.4, 0.5) is 4.79 Å². The van der Waals surface area contributed by atoms with E-state index in [-0.39, 0.29) is 12.6 Å². The molecule has 0 saturated heterocycles. The van der Waals surface area contributed by atoms with Crippen molar-refractivity contribution >= 4 is 6.03 Å². The van der Waals surface area contributed by atoms with Crippen LogP contribution in [-0.4, -0.2) is 36.8 Å². The Hall–Kier alpha value is -3.13. The quantitative estimate of drug-likeness (QED) is 0.627. The number of aryl methyl sites for hydroxylation is 1. The van der Waals surface area contributed by atoms with Gasteiger partial charge in [0.15, 0.2) is 0 Å². The predicted octanol–water partition coefficient (Wildman–Crippen LogP) is 1.14. The van der Waals surface area contributed by atoms with Gasteiger partial charge >= 0.3 is 6.03 Å². The summed E-state index contributed by atoms with van der Waals surface area (Å²) >= 11 is 0. The molecular weight excluding hydrogens is 320 g/mol. The number of urea groups is 1. The van der Waals surface area contributed by atoms with Gasteiger partial charge in [0, 0.05) is 44.1 Å². The predicted molar refractivity (Wildman–Crippen MR) is 92.0 cm³/mol. The van der Waals surface area contributed by atoms with Crippen molar-refractivity contribution in [3.8, 4) is 5.82 Å². The molecule has 0 spiro atoms. The monoisotopic (exact) mass is 340 g/mol. The van der Waals surface area contributed by atoms with Crippen LogP contribution >= 0.6 is 0 Å². The van der Waals surface area contributed by atoms with Crippen LogP contribution in [-0.2, 0) is 13.6 Å². The molecule has 25 heavy (non-hydrogen) atoms. The number of amides is 2. The minimum absolute atomic E-state index is 0.139. The maximum absolute atomic E-state index is 11.9. The van der Waals surface area contributed by atoms with Crippen molar-refractivity contribution in [2.45, 2.75) is 12.6 Å². The smallest absolute Gasteiger partial charge is 0.315 e. The third-order valence-corrected chi connectivity index (χ3v) is 3.81. The highest BCUT2D eigenvalue weighted by Gasteiger charge is 2.11. The van der Waals surface area contributed by atoms with Gasteiger partial charge in [0.2, 0.25) is 0 Å². The zero-order valence-corrected chi connectivity index (χ0v) is 13.8. The topological polar surface area (TPSA) is 97.0 Å². The maximum Gasteiger partial charge on any atom is 0.315 e. The van der Waals surface area contributed by atoms with Crippen LogP contribution in [0.5, 0.6) is 0 Å². The number of pyridine rings is 1. The van der Waals surface area contributed by atoms with Gasteiger partial charge in [-0.2, -0.15) is 0 Å². The number of nitrogens with zero attached hydrogens (tertiary/aromatic N) is 4. The second kappa shape index (κ2) is 7.63. The maximum atomic E-state index is 11.9. The highest BCUT2D eigenvalue weighted by atomic mass is 16.3. The first kappa shape index (κ1) is 16.7. The van der Waals surface area contributed by atoms with E-state index < -0.39 is 6.10 Å². The van der Waals surface area contributed by atoms with Crippen molar-refractivity contribution in [3.05, 3.63) is 66.6 Å². The number of aliphatic hydroxyl groups excluding tert-OH is 1. The van der Waals surface area contributed by atoms with Crippen LogP contribution in [0, 0.1) is 0 Å². The molecule has 0 bridgehead atoms. The number of carbonyl (C=O) groups is 1. The Morgan fingerprint density at radius 1 is 1.28 bits per heavy atom. The molecule has 3 aromatic rings. The molecule has 0 radical (unpaired) electrons. The van der Waals surface area contributed by atoms with Crippen LogP contribution in [0.25, 0.3) is 5.82 Å². The molecule has 0 aliphatic carbocycles. The Bertz CT molecular complexity index is 827. The summed E-state index contributed by atoms with van der Waals surface area (Å²) < 4.78 is 3.61. The van der Waals surface area contributed by atoms with Crippen molar-refractivity contribution in [1.82, 2.24) is 29.7 Å². The first-order valence-corrected chi connectivity index (χ1v) is 7.88. The summed E-state index contributed by atoms with van der Waals surface area (Å²) in [5.74, 6) is 0.733. The van der Waals surface area contributed by atoms with Crippen LogP contribution < -0.4 is 10.6 Å². The summed E-state index contributed by atoms with van der Waals surface area (Å²) in [6.07, 6.45) is 7.93. The van der Waals surface area contributed by atoms with Crippen LogP contribution in [0.15, 0.2) is 55.4 Å². The van der Waals surface area contributed by atoms with Gasteiger partial charge in [0.25, 0.3) is 0 Å². The standard InChI is InChI=1S/C17H20N6O2/c1-22-7-2-3-14(22)15(24)11-21-17(25)20-10-13-4-5-19-16(9-13)23-8-6-18-12-23/h2-9,12,15,24H,10-11H2,1H3,(H2,20,21,25)/t15-/m0/s1. The number of aliphatic hydroxyl groups is 1. The van der Waals surface area contributed by atoms with E-state index in [1.165, 1.54) is 0 Å². The molecule has 0 aliphatic rings. The van der Waals surface area contributed by atoms with E-state index >= 15 is 0 Å². The Morgan fingerprint density at radius 3 is 2.88 bits per heavy atom. The molecule has 8 heteroatoms. The Balaban J connectivity index is 1.49. The minimum atomic E-state index is -0.750. The summed E-state index contributed by atoms with van der Waals surface area (Å²) in [4.78, 5) is 20.2. The number of rotatable bonds is 6. The van der Waals surface area contributed by atoms with Gasteiger partial charge in [-0.15, -0.1) is 0 Å². The summed E-state index contributed by atoms with van der Waals surface area (Å²) in [7, 11) is 1.85. The van der Waals surface area contributed by atoms with E-state index in [0.29, 0.717) is 6.54 Å². The lowest BCUT2D eigenvalue weighted by molar-refractivity contribution is 0.166. The molecule has 0 fully saturated rings. The van der Waals surface area contributed by atoms with E-state index in [1.54, 1.807) is 29.5 Å². The van der Waals surface area contributed by atoms with E-state index in [2.05, 4.69) is 20.6 Å². The van der Waals surface area contributed by atoms with Crippen molar-refractivity contribution in [2.75, 3.05) is 6.54 Å². The molecular formula is C17H20N6O2. The lowest BCUT2D eigenvalue weighted by Crippen LogP contribution is -2.37. The fraction of sp³-hybridized carbons (Fsp3) is 0.235. The average molecular weight is 340 g/mol. The number of hydrogen-bond acceptors (Lipinski definition) is 4. The summed E-state index contributed by atoms with van der Waals surface area (Å²) in [5, 5.41) is 15.5. The zero-order chi connectivity index (χ0) is 17.6. The van der Waals surface area contributed by atoms with Gasteiger partial charge in [-0.1, -0.05) is 0 Å². The molecule has 0 aromatic carbocycles. The van der Waals surface area contributed by atoms with Gasteiger partial charge < -0.3 is 20.3 Å². The summed E-state index contributed by atoms with van der Waals surface area (Å²) in [6.45, 7) is 0.497. The largest absolute Gasteiger partial charge is 0.385 e. The van der Waals surface area contributed by atoms with E-state index in [9.17, 15) is 9.90 Å². The summed E-state index contributed by atoms with van der Waals surface area (Å²) in [6, 6.07) is 7.04. The minimum Gasteiger partial charge on any atom is -0.385 e. The highest BCUT2D eigenvalue weighted by molar-refractivity contribution is 5.73. The molecule has 8 nitrogen and oxygen atoms in total. The van der Waals surface area contributed by atoms with Crippen molar-refractivity contribution in [2.24, 2.45) is 7.05 Å². The average Bonchev–Trinajstić information content (AvgIpc) is 3.30. The zero-order valence-electron chi connectivity index (χ0n) is 13.8. The summed E-state index contributed by atoms with van der Waals surface area (Å²) in [5.41, 5.74) is 1.66. The molecule has 3 heterocycles. The van der Waals surface area contributed by atoms with E-state index in [4.69, 9.17) is 0 Å². The van der Waals surface area contributed by atoms with Crippen molar-refractivity contribution in [3.63, 3.8) is 0 Å². The molecule has 130 valence electrons. The molecule has 0 unspecified atom stereocenters. The van der Waals surface area contributed by atoms with E-state index in [0.717, 1.165) is 17.1 Å². The molecule has 3 rings (SSSR count). The number of hydrogen-bond donors (Lipinski definition) is 3. The second-order valence-electron chi connectivity index (χ2n) is 5.62. The fourth-order valence-electron chi connectivity index (χ4n) is 2.47. The van der Waals surface area contributed by atoms with Crippen LogP contribution in [0.3, 0.4) is 0 Å². The van der Waals surface area contributed by atoms with Crippen molar-refractivity contribution in [1.29, 1.82) is 0 Å². The number of nitrogens with one attached hydrogen (secondary N) is 2. The first-order valence-electron chi connectivity index (χ1n) is 7.88. The van der Waals surface area contributed by atoms with Gasteiger partial charge in [-0.05, 0) is 29.8 Å². The molecule has 1 atom stereocenters. The van der Waals surface area contributed by atoms with Crippen molar-refractivity contribution < 1.29 is 9.90 Å². The third kappa shape index (κ3) is 4.24. The van der Waals surface area contributed by atoms with Gasteiger partial charge in [-0.25, -0.2) is 14.8 Å². The molecule has 0 aliphatic heterocycles.